The van der Waals surface area contributed by atoms with Crippen molar-refractivity contribution >= 4 is 11.6 Å². The first-order chi connectivity index (χ1) is 12.2. The van der Waals surface area contributed by atoms with E-state index in [-0.39, 0.29) is 5.41 Å². The molecule has 1 fully saturated rings. The minimum atomic E-state index is 0.212. The number of nitrogens with one attached hydrogen (secondary N) is 1. The summed E-state index contributed by atoms with van der Waals surface area (Å²) in [5.74, 6) is 1.42. The van der Waals surface area contributed by atoms with E-state index < -0.39 is 0 Å². The van der Waals surface area contributed by atoms with Gasteiger partial charge in [-0.15, -0.1) is 0 Å². The highest BCUT2D eigenvalue weighted by Crippen LogP contribution is 2.46. The second-order valence-corrected chi connectivity index (χ2v) is 7.75. The molecule has 1 atom stereocenters. The van der Waals surface area contributed by atoms with Crippen molar-refractivity contribution in [3.63, 3.8) is 0 Å². The van der Waals surface area contributed by atoms with E-state index in [0.717, 1.165) is 30.3 Å². The number of halogens is 1. The summed E-state index contributed by atoms with van der Waals surface area (Å²) in [5.41, 5.74) is 6.42. The first kappa shape index (κ1) is 18.5. The summed E-state index contributed by atoms with van der Waals surface area (Å²) in [6.07, 6.45) is 12.0. The van der Waals surface area contributed by atoms with Crippen LogP contribution in [0.1, 0.15) is 32.1 Å². The van der Waals surface area contributed by atoms with Crippen molar-refractivity contribution in [3.8, 4) is 5.75 Å². The quantitative estimate of drug-likeness (QED) is 0.715. The van der Waals surface area contributed by atoms with Crippen molar-refractivity contribution in [2.24, 2.45) is 17.1 Å². The Hall–Kier alpha value is -1.29. The van der Waals surface area contributed by atoms with Crippen LogP contribution in [0.5, 0.6) is 5.75 Å². The molecule has 0 spiro atoms. The first-order valence-corrected chi connectivity index (χ1v) is 9.74. The van der Waals surface area contributed by atoms with E-state index in [4.69, 9.17) is 22.1 Å². The highest BCUT2D eigenvalue weighted by Gasteiger charge is 2.40. The normalized spacial score (nSPS) is 29.3. The maximum atomic E-state index is 6.26. The molecule has 0 aromatic heterocycles. The van der Waals surface area contributed by atoms with Crippen molar-refractivity contribution in [3.05, 3.63) is 53.6 Å². The Balaban J connectivity index is 1.41. The topological polar surface area (TPSA) is 47.3 Å². The van der Waals surface area contributed by atoms with Gasteiger partial charge in [0.15, 0.2) is 0 Å². The van der Waals surface area contributed by atoms with Crippen LogP contribution in [0.25, 0.3) is 0 Å². The zero-order valence-corrected chi connectivity index (χ0v) is 15.5. The summed E-state index contributed by atoms with van der Waals surface area (Å²) in [6.45, 7) is 2.33. The summed E-state index contributed by atoms with van der Waals surface area (Å²) in [7, 11) is 0. The number of ether oxygens (including phenoxy) is 1. The summed E-state index contributed by atoms with van der Waals surface area (Å²) < 4.78 is 5.75. The van der Waals surface area contributed by atoms with E-state index in [1.54, 1.807) is 0 Å². The van der Waals surface area contributed by atoms with Crippen LogP contribution in [0, 0.1) is 11.3 Å². The lowest BCUT2D eigenvalue weighted by atomic mass is 9.63. The predicted octanol–water partition coefficient (Wildman–Crippen LogP) is 4.24. The maximum absolute atomic E-state index is 6.26. The van der Waals surface area contributed by atoms with Crippen LogP contribution in [0.2, 0.25) is 0 Å². The molecule has 0 amide bonds. The largest absolute Gasteiger partial charge is 0.492 e. The minimum Gasteiger partial charge on any atom is -0.492 e. The van der Waals surface area contributed by atoms with E-state index in [1.165, 1.54) is 25.7 Å². The number of hydrogen-bond acceptors (Lipinski definition) is 3. The molecule has 0 bridgehead atoms. The Kier molecular flexibility index (Phi) is 6.57. The van der Waals surface area contributed by atoms with Gasteiger partial charge in [0.25, 0.3) is 0 Å². The molecule has 3 nitrogen and oxygen atoms in total. The molecule has 1 aromatic rings. The number of rotatable bonds is 7. The molecule has 3 rings (SSSR count). The Labute approximate surface area is 156 Å². The second-order valence-electron chi connectivity index (χ2n) is 7.27. The molecule has 0 radical (unpaired) electrons. The lowest BCUT2D eigenvalue weighted by Gasteiger charge is -2.45. The van der Waals surface area contributed by atoms with E-state index in [9.17, 15) is 0 Å². The Morgan fingerprint density at radius 3 is 2.64 bits per heavy atom. The third-order valence-electron chi connectivity index (χ3n) is 5.76. The molecule has 1 saturated carbocycles. The van der Waals surface area contributed by atoms with Gasteiger partial charge in [0.2, 0.25) is 0 Å². The molecule has 1 aromatic carbocycles. The molecule has 0 aliphatic heterocycles. The van der Waals surface area contributed by atoms with Gasteiger partial charge in [0.1, 0.15) is 12.4 Å². The highest BCUT2D eigenvalue weighted by molar-refractivity contribution is 6.29. The van der Waals surface area contributed by atoms with Gasteiger partial charge in [-0.25, -0.2) is 0 Å². The van der Waals surface area contributed by atoms with Crippen molar-refractivity contribution in [1.29, 1.82) is 0 Å². The summed E-state index contributed by atoms with van der Waals surface area (Å²) in [5, 5.41) is 4.60. The molecular weight excluding hydrogens is 332 g/mol. The third-order valence-corrected chi connectivity index (χ3v) is 6.04. The molecule has 136 valence electrons. The van der Waals surface area contributed by atoms with E-state index in [0.29, 0.717) is 18.6 Å². The van der Waals surface area contributed by atoms with E-state index in [1.807, 2.05) is 36.4 Å². The van der Waals surface area contributed by atoms with Gasteiger partial charge in [-0.1, -0.05) is 42.0 Å². The number of hydrogen-bond donors (Lipinski definition) is 2. The Morgan fingerprint density at radius 2 is 1.96 bits per heavy atom. The summed E-state index contributed by atoms with van der Waals surface area (Å²) in [6, 6.07) is 10.6. The molecule has 2 aliphatic rings. The number of benzene rings is 1. The zero-order valence-electron chi connectivity index (χ0n) is 14.8. The monoisotopic (exact) mass is 360 g/mol. The maximum Gasteiger partial charge on any atom is 0.119 e. The van der Waals surface area contributed by atoms with Gasteiger partial charge in [0, 0.05) is 17.6 Å². The van der Waals surface area contributed by atoms with Gasteiger partial charge in [0.05, 0.1) is 0 Å². The number of allylic oxidation sites excluding steroid dienone is 4. The van der Waals surface area contributed by atoms with Crippen molar-refractivity contribution in [2.45, 2.75) is 38.1 Å². The van der Waals surface area contributed by atoms with Crippen LogP contribution in [0.4, 0.5) is 0 Å². The number of nitrogens with two attached hydrogens (primary N) is 1. The van der Waals surface area contributed by atoms with Crippen LogP contribution in [0.15, 0.2) is 53.6 Å². The van der Waals surface area contributed by atoms with Gasteiger partial charge >= 0.3 is 0 Å². The molecule has 25 heavy (non-hydrogen) atoms. The lowest BCUT2D eigenvalue weighted by molar-refractivity contribution is 0.114. The van der Waals surface area contributed by atoms with Crippen LogP contribution in [-0.4, -0.2) is 25.7 Å². The Bertz CT molecular complexity index is 591. The fraction of sp³-hybridized carbons (Fsp3) is 0.524. The highest BCUT2D eigenvalue weighted by atomic mass is 35.5. The average Bonchev–Trinajstić information content (AvgIpc) is 2.67. The van der Waals surface area contributed by atoms with E-state index in [2.05, 4.69) is 17.5 Å². The van der Waals surface area contributed by atoms with Gasteiger partial charge in [-0.3, -0.25) is 0 Å². The van der Waals surface area contributed by atoms with Gasteiger partial charge < -0.3 is 15.8 Å². The molecule has 0 heterocycles. The molecular formula is C21H29ClN2O. The average molecular weight is 361 g/mol. The molecule has 0 saturated heterocycles. The molecule has 4 heteroatoms. The summed E-state index contributed by atoms with van der Waals surface area (Å²) >= 11 is 6.26. The van der Waals surface area contributed by atoms with Crippen LogP contribution < -0.4 is 15.8 Å². The van der Waals surface area contributed by atoms with Crippen LogP contribution in [0.3, 0.4) is 0 Å². The second kappa shape index (κ2) is 8.88. The fourth-order valence-corrected chi connectivity index (χ4v) is 4.37. The standard InChI is InChI=1S/C21H29ClN2O/c22-18-6-4-5-17(15-18)21(16-23)11-9-19(10-12-21)24-13-14-25-20-7-2-1-3-8-20/h1-8,17,19,24H,9-16,23H2. The van der Waals surface area contributed by atoms with Crippen LogP contribution in [-0.2, 0) is 0 Å². The first-order valence-electron chi connectivity index (χ1n) is 9.36. The van der Waals surface area contributed by atoms with Crippen LogP contribution >= 0.6 is 11.6 Å². The smallest absolute Gasteiger partial charge is 0.119 e. The van der Waals surface area contributed by atoms with Crippen molar-refractivity contribution in [2.75, 3.05) is 19.7 Å². The lowest BCUT2D eigenvalue weighted by Crippen LogP contribution is -2.45. The predicted molar refractivity (Wildman–Crippen MR) is 105 cm³/mol. The zero-order chi connectivity index (χ0) is 17.5. The fourth-order valence-electron chi connectivity index (χ4n) is 4.13. The summed E-state index contributed by atoms with van der Waals surface area (Å²) in [4.78, 5) is 0. The minimum absolute atomic E-state index is 0.212. The molecule has 2 aliphatic carbocycles. The number of para-hydroxylation sites is 1. The van der Waals surface area contributed by atoms with Gasteiger partial charge in [-0.05, 0) is 68.2 Å². The Morgan fingerprint density at radius 1 is 1.20 bits per heavy atom. The van der Waals surface area contributed by atoms with E-state index >= 15 is 0 Å². The van der Waals surface area contributed by atoms with Crippen molar-refractivity contribution in [1.82, 2.24) is 5.32 Å². The molecule has 3 N–H and O–H groups in total. The van der Waals surface area contributed by atoms with Gasteiger partial charge in [-0.2, -0.15) is 0 Å². The van der Waals surface area contributed by atoms with Crippen molar-refractivity contribution < 1.29 is 4.74 Å². The molecule has 1 unspecified atom stereocenters. The SMILES string of the molecule is NCC1(C2C=CC=C(Cl)C2)CCC(NCCOc2ccccc2)CC1. The third kappa shape index (κ3) is 4.87.